The quantitative estimate of drug-likeness (QED) is 0.0377. The zero-order valence-electron chi connectivity index (χ0n) is 32.6. The Labute approximate surface area is 337 Å². The zero-order chi connectivity index (χ0) is 42.8. The molecule has 58 heavy (non-hydrogen) atoms. The van der Waals surface area contributed by atoms with E-state index in [1.165, 1.54) is 0 Å². The maximum Gasteiger partial charge on any atom is 0.176 e. The number of aliphatic hydroxyl groups is 8. The van der Waals surface area contributed by atoms with E-state index in [4.69, 9.17) is 74.3 Å². The first kappa shape index (κ1) is 49.7. The summed E-state index contributed by atoms with van der Waals surface area (Å²) in [5, 5.41) is 93.1. The summed E-state index contributed by atoms with van der Waals surface area (Å²) in [6, 6.07) is -5.19. The van der Waals surface area contributed by atoms with E-state index in [2.05, 4.69) is 16.0 Å². The molecule has 0 aromatic rings. The molecule has 0 bridgehead atoms. The molecule has 25 nitrogen and oxygen atoms in total. The smallest absolute Gasteiger partial charge is 0.176 e. The van der Waals surface area contributed by atoms with Crippen molar-refractivity contribution in [3.05, 3.63) is 0 Å². The highest BCUT2D eigenvalue weighted by atomic mass is 16.7. The number of aliphatic hydroxyl groups excluding tert-OH is 8. The van der Waals surface area contributed by atoms with E-state index in [0.29, 0.717) is 26.2 Å². The van der Waals surface area contributed by atoms with Crippen LogP contribution < -0.4 is 61.8 Å². The van der Waals surface area contributed by atoms with Crippen LogP contribution in [0.25, 0.3) is 0 Å². The van der Waals surface area contributed by atoms with E-state index in [1.54, 1.807) is 0 Å². The Morgan fingerprint density at radius 1 is 0.534 bits per heavy atom. The first-order valence-corrected chi connectivity index (χ1v) is 19.9. The van der Waals surface area contributed by atoms with Crippen LogP contribution in [0.15, 0.2) is 0 Å². The van der Waals surface area contributed by atoms with Gasteiger partial charge in [-0.2, -0.15) is 0 Å². The van der Waals surface area contributed by atoms with Crippen molar-refractivity contribution in [1.82, 2.24) is 16.0 Å². The van der Waals surface area contributed by atoms with Crippen molar-refractivity contribution in [1.29, 1.82) is 0 Å². The molecule has 0 aromatic heterocycles. The molecule has 25 heteroatoms. The van der Waals surface area contributed by atoms with Gasteiger partial charge in [0.15, 0.2) is 12.6 Å². The number of hydrogen-bond donors (Lipinski definition) is 19. The lowest BCUT2D eigenvalue weighted by atomic mass is 9.84. The molecule has 4 rings (SSSR count). The molecular weight excluding hydrogens is 774 g/mol. The van der Waals surface area contributed by atoms with Gasteiger partial charge in [-0.15, -0.1) is 0 Å². The van der Waals surface area contributed by atoms with E-state index in [1.807, 2.05) is 0 Å². The second kappa shape index (κ2) is 23.4. The van der Waals surface area contributed by atoms with Gasteiger partial charge in [-0.1, -0.05) is 0 Å². The van der Waals surface area contributed by atoms with Crippen molar-refractivity contribution in [2.24, 2.45) is 45.9 Å². The summed E-state index contributed by atoms with van der Waals surface area (Å²) in [7, 11) is 0. The molecule has 2 aliphatic heterocycles. The van der Waals surface area contributed by atoms with E-state index in [-0.39, 0.29) is 45.7 Å². The lowest BCUT2D eigenvalue weighted by molar-refractivity contribution is -0.292. The molecular formula is C33H71N11O14. The fourth-order valence-electron chi connectivity index (χ4n) is 7.57. The molecule has 2 saturated carbocycles. The van der Waals surface area contributed by atoms with Gasteiger partial charge in [0, 0.05) is 70.0 Å². The number of rotatable bonds is 21. The Balaban J connectivity index is 1.13. The topological polar surface area (TPSA) is 461 Å². The molecule has 22 atom stereocenters. The fraction of sp³-hybridized carbons (Fsp3) is 1.00. The summed E-state index contributed by atoms with van der Waals surface area (Å²) in [6.45, 7) is 1.19. The maximum atomic E-state index is 10.8. The van der Waals surface area contributed by atoms with Crippen LogP contribution in [-0.4, -0.2) is 234 Å². The summed E-state index contributed by atoms with van der Waals surface area (Å²) in [5.41, 5.74) is 48.2. The molecule has 0 unspecified atom stereocenters. The maximum absolute atomic E-state index is 10.8. The lowest BCUT2D eigenvalue weighted by Gasteiger charge is -2.47. The van der Waals surface area contributed by atoms with Crippen LogP contribution in [-0.2, 0) is 28.4 Å². The minimum absolute atomic E-state index is 0.107. The summed E-state index contributed by atoms with van der Waals surface area (Å²) in [6.07, 6.45) is -18.0. The number of nitrogens with one attached hydrogen (secondary N) is 3. The Hall–Kier alpha value is -1.00. The van der Waals surface area contributed by atoms with Gasteiger partial charge in [-0.05, 0) is 12.8 Å². The lowest BCUT2D eigenvalue weighted by Crippen LogP contribution is -2.68. The van der Waals surface area contributed by atoms with Crippen molar-refractivity contribution in [2.45, 2.75) is 147 Å². The van der Waals surface area contributed by atoms with Gasteiger partial charge in [0.1, 0.15) is 67.3 Å². The van der Waals surface area contributed by atoms with Crippen LogP contribution in [0, 0.1) is 0 Å². The third-order valence-electron chi connectivity index (χ3n) is 11.1. The van der Waals surface area contributed by atoms with Gasteiger partial charge in [0.25, 0.3) is 0 Å². The molecule has 4 fully saturated rings. The molecule has 0 aromatic carbocycles. The van der Waals surface area contributed by atoms with E-state index in [9.17, 15) is 40.9 Å². The summed E-state index contributed by atoms with van der Waals surface area (Å²) in [5.74, 6) is 0. The molecule has 2 heterocycles. The predicted molar refractivity (Wildman–Crippen MR) is 204 cm³/mol. The molecule has 0 radical (unpaired) electrons. The first-order valence-electron chi connectivity index (χ1n) is 19.9. The van der Waals surface area contributed by atoms with Crippen LogP contribution in [0.2, 0.25) is 0 Å². The Bertz CT molecular complexity index is 1100. The van der Waals surface area contributed by atoms with E-state index >= 15 is 0 Å². The van der Waals surface area contributed by atoms with Crippen molar-refractivity contribution in [3.63, 3.8) is 0 Å². The van der Waals surface area contributed by atoms with Crippen LogP contribution in [0.1, 0.15) is 12.8 Å². The van der Waals surface area contributed by atoms with Crippen molar-refractivity contribution < 1.29 is 69.3 Å². The Morgan fingerprint density at radius 3 is 1.43 bits per heavy atom. The summed E-state index contributed by atoms with van der Waals surface area (Å²) < 4.78 is 35.1. The molecule has 0 amide bonds. The van der Waals surface area contributed by atoms with Gasteiger partial charge in [0.05, 0.1) is 43.6 Å². The summed E-state index contributed by atoms with van der Waals surface area (Å²) in [4.78, 5) is 0. The van der Waals surface area contributed by atoms with Crippen molar-refractivity contribution >= 4 is 0 Å². The standard InChI is InChI=1S/C33H71N11O14/c34-7-17-24(49)26(51)20(40)32(55-17)57-28-15(38)5-13(36)22(47)30(28)53-10-12(45)9-43-2-1-42-3-4-44-19(46)11-54-31-23(48)14(37)6-16(39)29(31)58-33-21(41)27(52)25(50)18(8-35)56-33/h12-33,42-52H,1-11,34-41H2/t12-,13-,14-,15+,16+,17-,18-,19+,20-,21-,22+,23+,24-,25-,26-,27-,28-,29-,30-,31-,32-,33-/m1/s1. The average molecular weight is 846 g/mol. The first-order chi connectivity index (χ1) is 27.5. The van der Waals surface area contributed by atoms with Crippen LogP contribution in [0.5, 0.6) is 0 Å². The average Bonchev–Trinajstić information content (AvgIpc) is 3.19. The molecule has 2 aliphatic carbocycles. The second-order valence-corrected chi connectivity index (χ2v) is 15.7. The highest BCUT2D eigenvalue weighted by Gasteiger charge is 2.50. The molecule has 27 N–H and O–H groups in total. The van der Waals surface area contributed by atoms with Crippen LogP contribution in [0.4, 0.5) is 0 Å². The van der Waals surface area contributed by atoms with Gasteiger partial charge in [-0.3, -0.25) is 5.32 Å². The fourth-order valence-corrected chi connectivity index (χ4v) is 7.57. The number of hydrogen-bond acceptors (Lipinski definition) is 25. The minimum atomic E-state index is -1.39. The third-order valence-corrected chi connectivity index (χ3v) is 11.1. The van der Waals surface area contributed by atoms with E-state index in [0.717, 1.165) is 0 Å². The van der Waals surface area contributed by atoms with Crippen molar-refractivity contribution in [2.75, 3.05) is 59.0 Å². The molecule has 342 valence electrons. The zero-order valence-corrected chi connectivity index (χ0v) is 32.6. The van der Waals surface area contributed by atoms with Gasteiger partial charge in [0.2, 0.25) is 0 Å². The van der Waals surface area contributed by atoms with Gasteiger partial charge in [-0.25, -0.2) is 0 Å². The number of ether oxygens (including phenoxy) is 6. The molecule has 0 spiro atoms. The predicted octanol–water partition coefficient (Wildman–Crippen LogP) is -11.7. The van der Waals surface area contributed by atoms with Crippen LogP contribution >= 0.6 is 0 Å². The van der Waals surface area contributed by atoms with Gasteiger partial charge < -0.3 is 126 Å². The van der Waals surface area contributed by atoms with E-state index < -0.39 is 134 Å². The highest BCUT2D eigenvalue weighted by Crippen LogP contribution is 2.30. The number of nitrogens with two attached hydrogens (primary N) is 8. The monoisotopic (exact) mass is 846 g/mol. The molecule has 2 saturated heterocycles. The summed E-state index contributed by atoms with van der Waals surface area (Å²) >= 11 is 0. The SMILES string of the molecule is NC[C@H]1O[C@H](O[C@H]2[C@H](OC[C@H](O)CNCCNCCN[C@@H](O)CO[C@@H]3[C@@H](O)[C@H](N)C[C@H](N)[C@H]3O[C@H]3O[C@H](CN)[C@@H](O)[C@H](O)[C@H]3N)[C@@H](O)[C@H](N)C[C@@H]2N)[C@H](N)[C@@H](O)[C@@H]1O. The minimum Gasteiger partial charge on any atom is -0.389 e. The Morgan fingerprint density at radius 2 is 0.966 bits per heavy atom. The molecule has 4 aliphatic rings. The second-order valence-electron chi connectivity index (χ2n) is 15.7. The Kier molecular flexibility index (Phi) is 20.1. The largest absolute Gasteiger partial charge is 0.389 e. The van der Waals surface area contributed by atoms with Crippen molar-refractivity contribution in [3.8, 4) is 0 Å². The van der Waals surface area contributed by atoms with Gasteiger partial charge >= 0.3 is 0 Å². The van der Waals surface area contributed by atoms with Crippen LogP contribution in [0.3, 0.4) is 0 Å². The highest BCUT2D eigenvalue weighted by molar-refractivity contribution is 5.02. The third kappa shape index (κ3) is 12.8. The normalized spacial score (nSPS) is 44.9.